The Balaban J connectivity index is 0.000000199. The van der Waals surface area contributed by atoms with Crippen molar-refractivity contribution >= 4 is 111 Å². The van der Waals surface area contributed by atoms with Crippen LogP contribution < -0.4 is 14.2 Å². The SMILES string of the molecule is O=C(c1ncccc1NS(=O)(=O)c1ccc(Cl)c(C(F)(F)F)c1)c1c(Cl)c[n+](O)c2[nH]ccc12.O=C(c1ncccc1NS(=O)(=O)c1ccc(Cl)c(C(F)(F)F)c1)c1c(Cl)cnc2[nH]ccc12. The number of carbonyl (C=O) groups excluding carboxylic acids is 2. The Morgan fingerprint density at radius 2 is 1.07 bits per heavy atom. The predicted octanol–water partition coefficient (Wildman–Crippen LogP) is 9.76. The first-order valence-electron chi connectivity index (χ1n) is 18.2. The molecule has 0 bridgehead atoms. The third-order valence-electron chi connectivity index (χ3n) is 9.33. The smallest absolute Gasteiger partial charge is 0.350 e. The normalized spacial score (nSPS) is 12.1. The van der Waals surface area contributed by atoms with E-state index in [-0.39, 0.29) is 55.0 Å². The van der Waals surface area contributed by atoms with Crippen molar-refractivity contribution in [2.24, 2.45) is 0 Å². The first-order valence-corrected chi connectivity index (χ1v) is 22.7. The van der Waals surface area contributed by atoms with Gasteiger partial charge in [-0.05, 0) is 77.5 Å². The van der Waals surface area contributed by atoms with Crippen molar-refractivity contribution in [3.63, 3.8) is 0 Å². The van der Waals surface area contributed by atoms with Crippen LogP contribution in [-0.2, 0) is 32.4 Å². The van der Waals surface area contributed by atoms with E-state index in [1.165, 1.54) is 55.1 Å². The zero-order valence-corrected chi connectivity index (χ0v) is 37.3. The zero-order chi connectivity index (χ0) is 48.8. The van der Waals surface area contributed by atoms with Crippen LogP contribution in [0.4, 0.5) is 37.7 Å². The number of carbonyl (C=O) groups is 2. The third kappa shape index (κ3) is 9.97. The highest BCUT2D eigenvalue weighted by Gasteiger charge is 2.36. The van der Waals surface area contributed by atoms with E-state index in [4.69, 9.17) is 46.4 Å². The molecule has 8 aromatic rings. The summed E-state index contributed by atoms with van der Waals surface area (Å²) in [6.07, 6.45) is -1.94. The van der Waals surface area contributed by atoms with Crippen LogP contribution in [0.25, 0.3) is 22.1 Å². The lowest BCUT2D eigenvalue weighted by molar-refractivity contribution is -0.885. The highest BCUT2D eigenvalue weighted by Crippen LogP contribution is 2.38. The summed E-state index contributed by atoms with van der Waals surface area (Å²) in [7, 11) is -9.13. The molecule has 346 valence electrons. The number of fused-ring (bicyclic) bond motifs is 2. The van der Waals surface area contributed by atoms with Crippen LogP contribution in [0.2, 0.25) is 20.1 Å². The standard InChI is InChI=1S/C20H11Cl2F3N4O4S.C20H11Cl2F3N4O3S/c21-13-4-3-10(8-12(13)20(23,24)25)34(32,33)28-15-2-1-6-26-17(15)18(30)16-11-5-7-27-19(11)29(31)9-14(16)22;21-13-4-3-10(8-12(13)20(23,24)25)33(31,32)29-15-2-1-6-26-17(15)18(30)16-11-5-7-27-19(11)28-9-14(16)22/h1-9,31H,(H,28,30);1-9,29H,(H,27,28)/p+1. The van der Waals surface area contributed by atoms with Crippen LogP contribution in [0.15, 0.2) is 120 Å². The van der Waals surface area contributed by atoms with Gasteiger partial charge in [0.2, 0.25) is 11.6 Å². The van der Waals surface area contributed by atoms with E-state index < -0.39 is 74.9 Å². The van der Waals surface area contributed by atoms with Gasteiger partial charge >= 0.3 is 18.0 Å². The fraction of sp³-hybridized carbons (Fsp3) is 0.0500. The second kappa shape index (κ2) is 18.3. The molecule has 0 saturated carbocycles. The predicted molar refractivity (Wildman–Crippen MR) is 232 cm³/mol. The molecule has 0 aliphatic rings. The molecule has 0 spiro atoms. The van der Waals surface area contributed by atoms with Gasteiger partial charge < -0.3 is 10.2 Å². The molecule has 0 atom stereocenters. The summed E-state index contributed by atoms with van der Waals surface area (Å²) >= 11 is 23.5. The number of pyridine rings is 4. The summed E-state index contributed by atoms with van der Waals surface area (Å²) < 4.78 is 135. The van der Waals surface area contributed by atoms with Crippen molar-refractivity contribution in [3.05, 3.63) is 164 Å². The van der Waals surface area contributed by atoms with Gasteiger partial charge in [-0.1, -0.05) is 46.4 Å². The maximum absolute atomic E-state index is 13.3. The molecule has 0 unspecified atom stereocenters. The molecule has 0 aliphatic carbocycles. The van der Waals surface area contributed by atoms with Crippen LogP contribution in [-0.4, -0.2) is 58.5 Å². The fourth-order valence-corrected chi connectivity index (χ4v) is 9.47. The van der Waals surface area contributed by atoms with Gasteiger partial charge in [0.15, 0.2) is 6.20 Å². The number of hydrogen-bond acceptors (Lipinski definition) is 10. The number of halogens is 10. The minimum absolute atomic E-state index is 0.0130. The average molecular weight is 1050 g/mol. The zero-order valence-electron chi connectivity index (χ0n) is 32.7. The van der Waals surface area contributed by atoms with Gasteiger partial charge in [-0.2, -0.15) is 26.3 Å². The summed E-state index contributed by atoms with van der Waals surface area (Å²) in [5.41, 5.74) is -3.37. The molecule has 2 aromatic carbocycles. The van der Waals surface area contributed by atoms with E-state index in [1.54, 1.807) is 12.3 Å². The minimum atomic E-state index is -4.88. The highest BCUT2D eigenvalue weighted by molar-refractivity contribution is 7.93. The molecule has 6 aromatic heterocycles. The van der Waals surface area contributed by atoms with E-state index in [1.807, 2.05) is 0 Å². The number of anilines is 2. The van der Waals surface area contributed by atoms with E-state index in [0.717, 1.165) is 30.5 Å². The number of benzene rings is 2. The van der Waals surface area contributed by atoms with Crippen LogP contribution in [0, 0.1) is 0 Å². The van der Waals surface area contributed by atoms with E-state index in [9.17, 15) is 58.0 Å². The topological polar surface area (TPSA) is 221 Å². The van der Waals surface area contributed by atoms with Crippen molar-refractivity contribution in [2.45, 2.75) is 22.1 Å². The lowest BCUT2D eigenvalue weighted by Gasteiger charge is -2.14. The van der Waals surface area contributed by atoms with Gasteiger partial charge in [0, 0.05) is 30.2 Å². The highest BCUT2D eigenvalue weighted by atomic mass is 35.5. The Morgan fingerprint density at radius 1 is 0.612 bits per heavy atom. The van der Waals surface area contributed by atoms with E-state index in [2.05, 4.69) is 34.4 Å². The van der Waals surface area contributed by atoms with Crippen molar-refractivity contribution < 1.29 is 62.7 Å². The fourth-order valence-electron chi connectivity index (χ4n) is 6.32. The Hall–Kier alpha value is -6.50. The maximum atomic E-state index is 13.3. The summed E-state index contributed by atoms with van der Waals surface area (Å²) in [5.74, 6) is -1.50. The summed E-state index contributed by atoms with van der Waals surface area (Å²) in [6.45, 7) is 0. The molecular weight excluding hydrogens is 1020 g/mol. The summed E-state index contributed by atoms with van der Waals surface area (Å²) in [6, 6.07) is 12.5. The van der Waals surface area contributed by atoms with E-state index >= 15 is 0 Å². The molecule has 0 aliphatic heterocycles. The monoisotopic (exact) mass is 1040 g/mol. The number of nitrogens with one attached hydrogen (secondary N) is 4. The Morgan fingerprint density at radius 3 is 1.57 bits per heavy atom. The van der Waals surface area contributed by atoms with Crippen LogP contribution >= 0.6 is 46.4 Å². The number of sulfonamides is 2. The molecule has 67 heavy (non-hydrogen) atoms. The van der Waals surface area contributed by atoms with Gasteiger partial charge in [-0.3, -0.25) is 29.0 Å². The number of ketones is 2. The summed E-state index contributed by atoms with van der Waals surface area (Å²) in [5, 5.41) is 9.11. The molecule has 0 fully saturated rings. The largest absolute Gasteiger partial charge is 0.417 e. The maximum Gasteiger partial charge on any atom is 0.417 e. The number of nitrogens with zero attached hydrogens (tertiary/aromatic N) is 4. The van der Waals surface area contributed by atoms with Gasteiger partial charge in [0.1, 0.15) is 17.0 Å². The third-order valence-corrected chi connectivity index (χ3v) is 13.3. The minimum Gasteiger partial charge on any atom is -0.350 e. The van der Waals surface area contributed by atoms with Gasteiger partial charge in [-0.15, -0.1) is 0 Å². The van der Waals surface area contributed by atoms with Crippen LogP contribution in [0.3, 0.4) is 0 Å². The van der Waals surface area contributed by atoms with Crippen molar-refractivity contribution in [1.29, 1.82) is 0 Å². The Bertz CT molecular complexity index is 3520. The van der Waals surface area contributed by atoms with Crippen molar-refractivity contribution in [2.75, 3.05) is 9.44 Å². The second-order valence-corrected chi connectivity index (χ2v) is 18.6. The summed E-state index contributed by atoms with van der Waals surface area (Å²) in [4.78, 5) is 42.7. The molecule has 27 heteroatoms. The quantitative estimate of drug-likeness (QED) is 0.0378. The van der Waals surface area contributed by atoms with Gasteiger partial charge in [0.05, 0.1) is 75.1 Å². The van der Waals surface area contributed by atoms with Crippen LogP contribution in [0.1, 0.15) is 43.2 Å². The van der Waals surface area contributed by atoms with Crippen molar-refractivity contribution in [3.8, 4) is 0 Å². The van der Waals surface area contributed by atoms with Crippen LogP contribution in [0.5, 0.6) is 0 Å². The molecule has 0 amide bonds. The number of aromatic amines is 2. The van der Waals surface area contributed by atoms with Gasteiger partial charge in [0.25, 0.3) is 20.0 Å². The average Bonchev–Trinajstić information content (AvgIpc) is 3.94. The lowest BCUT2D eigenvalue weighted by atomic mass is 10.0. The molecule has 6 heterocycles. The van der Waals surface area contributed by atoms with Gasteiger partial charge in [-0.25, -0.2) is 26.8 Å². The molecule has 0 radical (unpaired) electrons. The first-order chi connectivity index (χ1) is 31.4. The molecular formula is C40H23Cl4F6N8O7S2+. The Kier molecular flexibility index (Phi) is 13.2. The number of rotatable bonds is 10. The molecule has 15 nitrogen and oxygen atoms in total. The Labute approximate surface area is 392 Å². The number of hydrogen-bond donors (Lipinski definition) is 5. The van der Waals surface area contributed by atoms with E-state index in [0.29, 0.717) is 27.9 Å². The lowest BCUT2D eigenvalue weighted by Crippen LogP contribution is -2.31. The van der Waals surface area contributed by atoms with Crippen molar-refractivity contribution in [1.82, 2.24) is 24.9 Å². The molecule has 8 rings (SSSR count). The first kappa shape index (κ1) is 48.4. The molecule has 0 saturated heterocycles. The number of alkyl halides is 6. The second-order valence-electron chi connectivity index (χ2n) is 13.6. The number of H-pyrrole nitrogens is 2. The molecule has 5 N–H and O–H groups in total. The number of aromatic nitrogens is 6.